The first-order valence-corrected chi connectivity index (χ1v) is 16.4. The molecule has 1 aromatic heterocycles. The Morgan fingerprint density at radius 1 is 0.864 bits per heavy atom. The van der Waals surface area contributed by atoms with Crippen molar-refractivity contribution in [2.45, 2.75) is 71.5 Å². The minimum Gasteiger partial charge on any atom is -0.327 e. The number of aromatic nitrogens is 1. The third-order valence-electron chi connectivity index (χ3n) is 9.92. The van der Waals surface area contributed by atoms with Gasteiger partial charge in [-0.05, 0) is 128 Å². The molecule has 0 bridgehead atoms. The second-order valence-electron chi connectivity index (χ2n) is 13.1. The number of allylic oxidation sites excluding steroid dienone is 4. The van der Waals surface area contributed by atoms with Gasteiger partial charge in [-0.15, -0.1) is 0 Å². The van der Waals surface area contributed by atoms with Gasteiger partial charge >= 0.3 is 0 Å². The van der Waals surface area contributed by atoms with Gasteiger partial charge in [-0.3, -0.25) is 4.90 Å². The highest BCUT2D eigenvalue weighted by Crippen LogP contribution is 2.39. The lowest BCUT2D eigenvalue weighted by Crippen LogP contribution is -2.29. The molecule has 2 aliphatic rings. The van der Waals surface area contributed by atoms with Gasteiger partial charge in [-0.1, -0.05) is 91.4 Å². The highest BCUT2D eigenvalue weighted by molar-refractivity contribution is 6.20. The highest BCUT2D eigenvalue weighted by atomic mass is 15.3. The van der Waals surface area contributed by atoms with Crippen LogP contribution < -0.4 is 0 Å². The summed E-state index contributed by atoms with van der Waals surface area (Å²) in [4.78, 5) is 2.55. The minimum absolute atomic E-state index is 0.102. The Balaban J connectivity index is 1.42. The maximum absolute atomic E-state index is 3.99. The van der Waals surface area contributed by atoms with Gasteiger partial charge in [0.1, 0.15) is 0 Å². The topological polar surface area (TPSA) is 8.17 Å². The van der Waals surface area contributed by atoms with E-state index in [1.165, 1.54) is 92.5 Å². The van der Waals surface area contributed by atoms with Crippen molar-refractivity contribution < 1.29 is 0 Å². The Bertz CT molecular complexity index is 1970. The van der Waals surface area contributed by atoms with Crippen molar-refractivity contribution in [3.8, 4) is 0 Å². The standard InChI is InChI=1S/C42H44N2/c1-5-6-19-36(29(2)3)42(35-22-21-30-14-10-11-18-32(30)25-35)43(4)28-44-39-24-23-31-15-12-13-20-37(31)41(39)38-26-33-16-8-7-9-17-34(33)27-40(38)44/h5-6,11-13,15,18-27,42H,1,7-10,14,16-17,28H2,2-4H3/b19-6-. The Morgan fingerprint density at radius 2 is 1.68 bits per heavy atom. The van der Waals surface area contributed by atoms with E-state index >= 15 is 0 Å². The van der Waals surface area contributed by atoms with Gasteiger partial charge in [-0.25, -0.2) is 0 Å². The fourth-order valence-electron chi connectivity index (χ4n) is 7.72. The van der Waals surface area contributed by atoms with Gasteiger partial charge in [-0.2, -0.15) is 0 Å². The molecule has 0 spiro atoms. The van der Waals surface area contributed by atoms with Crippen LogP contribution in [0.25, 0.3) is 38.7 Å². The molecule has 1 unspecified atom stereocenters. The lowest BCUT2D eigenvalue weighted by molar-refractivity contribution is 0.227. The third-order valence-corrected chi connectivity index (χ3v) is 9.92. The molecule has 2 heteroatoms. The quantitative estimate of drug-likeness (QED) is 0.138. The molecule has 2 nitrogen and oxygen atoms in total. The number of aryl methyl sites for hydroxylation is 3. The van der Waals surface area contributed by atoms with Gasteiger partial charge in [0.15, 0.2) is 0 Å². The SMILES string of the molecule is C=C/C=C\C(=C(C)C)C(c1ccc2c(c1)C=CCC2)N(C)Cn1c2cc3c(cc2c2c4ccccc4ccc21)CCCCC3. The third kappa shape index (κ3) is 5.16. The predicted octanol–water partition coefficient (Wildman–Crippen LogP) is 10.9. The minimum atomic E-state index is 0.102. The molecule has 0 saturated carbocycles. The number of hydrogen-bond donors (Lipinski definition) is 0. The zero-order valence-corrected chi connectivity index (χ0v) is 26.6. The average Bonchev–Trinajstić information content (AvgIpc) is 3.17. The maximum Gasteiger partial charge on any atom is 0.0762 e. The molecule has 0 radical (unpaired) electrons. The second-order valence-corrected chi connectivity index (χ2v) is 13.1. The van der Waals surface area contributed by atoms with E-state index in [9.17, 15) is 0 Å². The number of fused-ring (bicyclic) bond motifs is 7. The van der Waals surface area contributed by atoms with Crippen LogP contribution in [-0.2, 0) is 25.9 Å². The first kappa shape index (κ1) is 28.6. The van der Waals surface area contributed by atoms with Gasteiger partial charge in [0.25, 0.3) is 0 Å². The van der Waals surface area contributed by atoms with Crippen LogP contribution in [0.2, 0.25) is 0 Å². The molecule has 7 rings (SSSR count). The van der Waals surface area contributed by atoms with Crippen LogP contribution in [0.1, 0.15) is 73.4 Å². The summed E-state index contributed by atoms with van der Waals surface area (Å²) < 4.78 is 2.59. The monoisotopic (exact) mass is 576 g/mol. The Morgan fingerprint density at radius 3 is 2.50 bits per heavy atom. The molecule has 2 aliphatic carbocycles. The van der Waals surface area contributed by atoms with Crippen LogP contribution in [0.5, 0.6) is 0 Å². The number of hydrogen-bond acceptors (Lipinski definition) is 1. The van der Waals surface area contributed by atoms with Crippen molar-refractivity contribution in [3.63, 3.8) is 0 Å². The summed E-state index contributed by atoms with van der Waals surface area (Å²) in [5.74, 6) is 0. The van der Waals surface area contributed by atoms with Crippen molar-refractivity contribution in [1.29, 1.82) is 0 Å². The molecule has 44 heavy (non-hydrogen) atoms. The van der Waals surface area contributed by atoms with Crippen LogP contribution in [-0.4, -0.2) is 16.5 Å². The smallest absolute Gasteiger partial charge is 0.0762 e. The van der Waals surface area contributed by atoms with Crippen LogP contribution in [0.4, 0.5) is 0 Å². The maximum atomic E-state index is 3.99. The van der Waals surface area contributed by atoms with Crippen LogP contribution in [0.3, 0.4) is 0 Å². The zero-order valence-electron chi connectivity index (χ0n) is 26.6. The average molecular weight is 577 g/mol. The number of likely N-dealkylation sites (N-methyl/N-ethyl adjacent to an activating group) is 1. The van der Waals surface area contributed by atoms with E-state index in [1.54, 1.807) is 11.1 Å². The number of benzene rings is 4. The van der Waals surface area contributed by atoms with Crippen LogP contribution >= 0.6 is 0 Å². The Hall–Kier alpha value is -4.14. The molecule has 4 aromatic carbocycles. The summed E-state index contributed by atoms with van der Waals surface area (Å²) in [6.45, 7) is 9.25. The molecule has 0 N–H and O–H groups in total. The van der Waals surface area contributed by atoms with Gasteiger partial charge in [0.05, 0.1) is 23.7 Å². The Kier molecular flexibility index (Phi) is 7.87. The highest BCUT2D eigenvalue weighted by Gasteiger charge is 2.25. The fourth-order valence-corrected chi connectivity index (χ4v) is 7.72. The van der Waals surface area contributed by atoms with E-state index in [2.05, 4.69) is 128 Å². The normalized spacial score (nSPS) is 15.5. The van der Waals surface area contributed by atoms with Crippen molar-refractivity contribution in [3.05, 3.63) is 137 Å². The van der Waals surface area contributed by atoms with Crippen LogP contribution in [0, 0.1) is 0 Å². The number of nitrogens with zero attached hydrogens (tertiary/aromatic N) is 2. The summed E-state index contributed by atoms with van der Waals surface area (Å²) in [5, 5.41) is 5.45. The van der Waals surface area contributed by atoms with E-state index in [4.69, 9.17) is 0 Å². The van der Waals surface area contributed by atoms with E-state index < -0.39 is 0 Å². The lowest BCUT2D eigenvalue weighted by atomic mass is 9.89. The lowest BCUT2D eigenvalue weighted by Gasteiger charge is -2.32. The summed E-state index contributed by atoms with van der Waals surface area (Å²) in [7, 11) is 2.30. The molecule has 0 saturated heterocycles. The first-order chi connectivity index (χ1) is 21.5. The fraction of sp³-hybridized carbons (Fsp3) is 0.286. The summed E-state index contributed by atoms with van der Waals surface area (Å²) >= 11 is 0. The molecule has 1 atom stereocenters. The largest absolute Gasteiger partial charge is 0.327 e. The zero-order chi connectivity index (χ0) is 30.2. The molecule has 0 amide bonds. The van der Waals surface area contributed by atoms with Gasteiger partial charge < -0.3 is 4.57 Å². The Labute approximate surface area is 262 Å². The summed E-state index contributed by atoms with van der Waals surface area (Å²) in [6, 6.07) is 25.9. The van der Waals surface area contributed by atoms with Crippen molar-refractivity contribution >= 4 is 38.7 Å². The van der Waals surface area contributed by atoms with E-state index in [-0.39, 0.29) is 6.04 Å². The van der Waals surface area contributed by atoms with Crippen molar-refractivity contribution in [2.75, 3.05) is 7.05 Å². The molecule has 222 valence electrons. The summed E-state index contributed by atoms with van der Waals surface area (Å²) in [5.41, 5.74) is 12.6. The van der Waals surface area contributed by atoms with Gasteiger partial charge in [0.2, 0.25) is 0 Å². The van der Waals surface area contributed by atoms with Crippen LogP contribution in [0.15, 0.2) is 109 Å². The second kappa shape index (κ2) is 12.1. The van der Waals surface area contributed by atoms with E-state index in [0.717, 1.165) is 19.5 Å². The molecule has 1 heterocycles. The molecule has 0 aliphatic heterocycles. The molecule has 5 aromatic rings. The molecule has 0 fully saturated rings. The first-order valence-electron chi connectivity index (χ1n) is 16.4. The van der Waals surface area contributed by atoms with Crippen molar-refractivity contribution in [2.24, 2.45) is 0 Å². The molecular formula is C42H44N2. The van der Waals surface area contributed by atoms with Crippen molar-refractivity contribution in [1.82, 2.24) is 9.47 Å². The molecular weight excluding hydrogens is 532 g/mol. The predicted molar refractivity (Wildman–Crippen MR) is 190 cm³/mol. The van der Waals surface area contributed by atoms with E-state index in [0.29, 0.717) is 0 Å². The van der Waals surface area contributed by atoms with Gasteiger partial charge in [0, 0.05) is 10.8 Å². The summed E-state index contributed by atoms with van der Waals surface area (Å²) in [6.07, 6.45) is 19.4. The van der Waals surface area contributed by atoms with E-state index in [1.807, 2.05) is 6.08 Å². The number of rotatable bonds is 7.